The molecule has 18 heavy (non-hydrogen) atoms. The van der Waals surface area contributed by atoms with Crippen molar-refractivity contribution in [1.29, 1.82) is 0 Å². The molecule has 0 fully saturated rings. The number of aryl methyl sites for hydroxylation is 1. The summed E-state index contributed by atoms with van der Waals surface area (Å²) in [4.78, 5) is 11.3. The standard InChI is InChI=1S/C14H14N2O2/c1-8-6-7-10(14(17)18)12(13(8)16)9-4-2-3-5-11(9)15/h2-7H,15-16H2,1H3,(H,17,18). The second-order valence-electron chi connectivity index (χ2n) is 4.11. The molecular formula is C14H14N2O2. The monoisotopic (exact) mass is 242 g/mol. The molecule has 4 heteroatoms. The Morgan fingerprint density at radius 1 is 1.11 bits per heavy atom. The van der Waals surface area contributed by atoms with Crippen molar-refractivity contribution in [2.45, 2.75) is 6.92 Å². The molecule has 0 aliphatic heterocycles. The minimum atomic E-state index is -1.01. The molecule has 0 unspecified atom stereocenters. The fourth-order valence-corrected chi connectivity index (χ4v) is 1.92. The third kappa shape index (κ3) is 1.88. The largest absolute Gasteiger partial charge is 0.478 e. The molecule has 2 rings (SSSR count). The van der Waals surface area contributed by atoms with E-state index in [1.54, 1.807) is 36.4 Å². The Labute approximate surface area is 105 Å². The van der Waals surface area contributed by atoms with Crippen LogP contribution in [0.4, 0.5) is 11.4 Å². The predicted molar refractivity (Wildman–Crippen MR) is 72.4 cm³/mol. The van der Waals surface area contributed by atoms with Gasteiger partial charge in [-0.05, 0) is 24.6 Å². The number of hydrogen-bond acceptors (Lipinski definition) is 3. The Morgan fingerprint density at radius 2 is 1.78 bits per heavy atom. The molecule has 0 amide bonds. The maximum atomic E-state index is 11.3. The van der Waals surface area contributed by atoms with E-state index in [9.17, 15) is 9.90 Å². The van der Waals surface area contributed by atoms with Gasteiger partial charge in [0.1, 0.15) is 0 Å². The Bertz CT molecular complexity index is 621. The third-order valence-electron chi connectivity index (χ3n) is 2.92. The molecule has 0 aliphatic carbocycles. The number of carboxylic acid groups (broad SMARTS) is 1. The number of benzene rings is 2. The lowest BCUT2D eigenvalue weighted by atomic mass is 9.94. The molecule has 0 atom stereocenters. The van der Waals surface area contributed by atoms with Crippen molar-refractivity contribution in [3.05, 3.63) is 47.5 Å². The highest BCUT2D eigenvalue weighted by Gasteiger charge is 2.17. The number of anilines is 2. The van der Waals surface area contributed by atoms with E-state index < -0.39 is 5.97 Å². The van der Waals surface area contributed by atoms with Crippen molar-refractivity contribution in [3.63, 3.8) is 0 Å². The molecule has 2 aromatic rings. The van der Waals surface area contributed by atoms with E-state index in [4.69, 9.17) is 11.5 Å². The van der Waals surface area contributed by atoms with Gasteiger partial charge in [0.15, 0.2) is 0 Å². The zero-order chi connectivity index (χ0) is 13.3. The van der Waals surface area contributed by atoms with Gasteiger partial charge in [-0.25, -0.2) is 4.79 Å². The van der Waals surface area contributed by atoms with Crippen LogP contribution in [0.2, 0.25) is 0 Å². The third-order valence-corrected chi connectivity index (χ3v) is 2.92. The van der Waals surface area contributed by atoms with E-state index in [2.05, 4.69) is 0 Å². The second-order valence-corrected chi connectivity index (χ2v) is 4.11. The van der Waals surface area contributed by atoms with Crippen LogP contribution in [0, 0.1) is 6.92 Å². The van der Waals surface area contributed by atoms with Gasteiger partial charge in [0.2, 0.25) is 0 Å². The molecule has 0 saturated heterocycles. The summed E-state index contributed by atoms with van der Waals surface area (Å²) in [6.07, 6.45) is 0. The molecular weight excluding hydrogens is 228 g/mol. The molecule has 2 aromatic carbocycles. The van der Waals surface area contributed by atoms with Crippen LogP contribution >= 0.6 is 0 Å². The van der Waals surface area contributed by atoms with Crippen LogP contribution in [0.1, 0.15) is 15.9 Å². The van der Waals surface area contributed by atoms with Crippen molar-refractivity contribution >= 4 is 17.3 Å². The summed E-state index contributed by atoms with van der Waals surface area (Å²) in [5.41, 5.74) is 15.0. The quantitative estimate of drug-likeness (QED) is 0.706. The van der Waals surface area contributed by atoms with E-state index in [0.717, 1.165) is 5.56 Å². The summed E-state index contributed by atoms with van der Waals surface area (Å²) in [5, 5.41) is 9.24. The molecule has 0 spiro atoms. The summed E-state index contributed by atoms with van der Waals surface area (Å²) < 4.78 is 0. The predicted octanol–water partition coefficient (Wildman–Crippen LogP) is 2.52. The van der Waals surface area contributed by atoms with Crippen molar-refractivity contribution in [2.24, 2.45) is 0 Å². The Kier molecular flexibility index (Phi) is 2.93. The number of hydrogen-bond donors (Lipinski definition) is 3. The molecule has 0 bridgehead atoms. The van der Waals surface area contributed by atoms with Crippen LogP contribution in [0.15, 0.2) is 36.4 Å². The molecule has 4 nitrogen and oxygen atoms in total. The number of aromatic carboxylic acids is 1. The topological polar surface area (TPSA) is 89.3 Å². The fourth-order valence-electron chi connectivity index (χ4n) is 1.92. The lowest BCUT2D eigenvalue weighted by molar-refractivity contribution is 0.0698. The summed E-state index contributed by atoms with van der Waals surface area (Å²) in [5.74, 6) is -1.01. The highest BCUT2D eigenvalue weighted by atomic mass is 16.4. The number of nitrogens with two attached hydrogens (primary N) is 2. The smallest absolute Gasteiger partial charge is 0.336 e. The second kappa shape index (κ2) is 4.41. The average Bonchev–Trinajstić information content (AvgIpc) is 2.33. The van der Waals surface area contributed by atoms with Crippen LogP contribution in [0.3, 0.4) is 0 Å². The molecule has 0 aromatic heterocycles. The maximum absolute atomic E-state index is 11.3. The van der Waals surface area contributed by atoms with Gasteiger partial charge in [-0.15, -0.1) is 0 Å². The van der Waals surface area contributed by atoms with E-state index in [-0.39, 0.29) is 5.56 Å². The Morgan fingerprint density at radius 3 is 2.39 bits per heavy atom. The van der Waals surface area contributed by atoms with Crippen LogP contribution < -0.4 is 11.5 Å². The normalized spacial score (nSPS) is 10.3. The van der Waals surface area contributed by atoms with Gasteiger partial charge in [-0.1, -0.05) is 24.3 Å². The maximum Gasteiger partial charge on any atom is 0.336 e. The summed E-state index contributed by atoms with van der Waals surface area (Å²) in [7, 11) is 0. The van der Waals surface area contributed by atoms with E-state index in [0.29, 0.717) is 22.5 Å². The first kappa shape index (κ1) is 12.0. The van der Waals surface area contributed by atoms with E-state index in [1.165, 1.54) is 0 Å². The summed E-state index contributed by atoms with van der Waals surface area (Å²) in [6.45, 7) is 1.84. The van der Waals surface area contributed by atoms with Gasteiger partial charge in [0, 0.05) is 22.5 Å². The van der Waals surface area contributed by atoms with E-state index in [1.807, 2.05) is 6.92 Å². The zero-order valence-electron chi connectivity index (χ0n) is 9.97. The van der Waals surface area contributed by atoms with Crippen molar-refractivity contribution in [3.8, 4) is 11.1 Å². The zero-order valence-corrected chi connectivity index (χ0v) is 9.97. The minimum Gasteiger partial charge on any atom is -0.478 e. The van der Waals surface area contributed by atoms with Gasteiger partial charge in [-0.2, -0.15) is 0 Å². The highest BCUT2D eigenvalue weighted by molar-refractivity contribution is 6.02. The number of carboxylic acids is 1. The summed E-state index contributed by atoms with van der Waals surface area (Å²) in [6, 6.07) is 10.3. The molecule has 92 valence electrons. The first-order valence-corrected chi connectivity index (χ1v) is 5.49. The summed E-state index contributed by atoms with van der Waals surface area (Å²) >= 11 is 0. The van der Waals surface area contributed by atoms with Crippen LogP contribution in [-0.2, 0) is 0 Å². The Balaban J connectivity index is 2.81. The molecule has 5 N–H and O–H groups in total. The first-order valence-electron chi connectivity index (χ1n) is 5.49. The van der Waals surface area contributed by atoms with Gasteiger partial charge in [0.25, 0.3) is 0 Å². The molecule has 0 aliphatic rings. The van der Waals surface area contributed by atoms with Crippen LogP contribution in [-0.4, -0.2) is 11.1 Å². The van der Waals surface area contributed by atoms with Gasteiger partial charge < -0.3 is 16.6 Å². The van der Waals surface area contributed by atoms with Crippen LogP contribution in [0.25, 0.3) is 11.1 Å². The van der Waals surface area contributed by atoms with Gasteiger partial charge >= 0.3 is 5.97 Å². The van der Waals surface area contributed by atoms with Crippen molar-refractivity contribution in [1.82, 2.24) is 0 Å². The number of nitrogen functional groups attached to an aromatic ring is 2. The average molecular weight is 242 g/mol. The first-order chi connectivity index (χ1) is 8.52. The lowest BCUT2D eigenvalue weighted by Crippen LogP contribution is -2.05. The van der Waals surface area contributed by atoms with Crippen molar-refractivity contribution in [2.75, 3.05) is 11.5 Å². The number of para-hydroxylation sites is 1. The SMILES string of the molecule is Cc1ccc(C(=O)O)c(-c2ccccc2N)c1N. The number of carbonyl (C=O) groups is 1. The Hall–Kier alpha value is -2.49. The lowest BCUT2D eigenvalue weighted by Gasteiger charge is -2.14. The molecule has 0 heterocycles. The molecule has 0 radical (unpaired) electrons. The van der Waals surface area contributed by atoms with Gasteiger partial charge in [0.05, 0.1) is 5.56 Å². The van der Waals surface area contributed by atoms with E-state index >= 15 is 0 Å². The van der Waals surface area contributed by atoms with Gasteiger partial charge in [-0.3, -0.25) is 0 Å². The van der Waals surface area contributed by atoms with Crippen molar-refractivity contribution < 1.29 is 9.90 Å². The molecule has 0 saturated carbocycles. The highest BCUT2D eigenvalue weighted by Crippen LogP contribution is 2.35. The fraction of sp³-hybridized carbons (Fsp3) is 0.0714. The number of rotatable bonds is 2. The minimum absolute atomic E-state index is 0.163. The van der Waals surface area contributed by atoms with Crippen LogP contribution in [0.5, 0.6) is 0 Å².